The average Bonchev–Trinajstić information content (AvgIpc) is 2.39. The van der Waals surface area contributed by atoms with Crippen molar-refractivity contribution in [3.05, 3.63) is 29.3 Å². The van der Waals surface area contributed by atoms with Gasteiger partial charge in [0, 0.05) is 12.8 Å². The molecular weight excluding hydrogens is 240 g/mol. The zero-order valence-electron chi connectivity index (χ0n) is 12.9. The van der Waals surface area contributed by atoms with Crippen molar-refractivity contribution in [2.75, 3.05) is 19.2 Å². The number of nitrogens with zero attached hydrogens (tertiary/aromatic N) is 2. The number of carbonyl (C=O) groups excluding carboxylic acids is 1. The molecule has 1 aromatic carbocycles. The quantitative estimate of drug-likeness (QED) is 0.475. The fourth-order valence-electron chi connectivity index (χ4n) is 1.55. The molecule has 1 aromatic rings. The molecule has 0 aromatic heterocycles. The SMILES string of the molecule is CC.COC(=O)c1ccc(N(C)N=C(C)C)cc1C. The summed E-state index contributed by atoms with van der Waals surface area (Å²) in [5.74, 6) is -0.313. The lowest BCUT2D eigenvalue weighted by molar-refractivity contribution is 0.0600. The van der Waals surface area contributed by atoms with Gasteiger partial charge in [0.05, 0.1) is 18.4 Å². The van der Waals surface area contributed by atoms with E-state index in [0.717, 1.165) is 17.0 Å². The van der Waals surface area contributed by atoms with Crippen LogP contribution in [-0.4, -0.2) is 25.8 Å². The Balaban J connectivity index is 0.00000154. The number of ether oxygens (including phenoxy) is 1. The Kier molecular flexibility index (Phi) is 7.49. The van der Waals surface area contributed by atoms with E-state index < -0.39 is 0 Å². The summed E-state index contributed by atoms with van der Waals surface area (Å²) in [6, 6.07) is 5.53. The second kappa shape index (κ2) is 8.29. The van der Waals surface area contributed by atoms with Crippen molar-refractivity contribution in [2.45, 2.75) is 34.6 Å². The smallest absolute Gasteiger partial charge is 0.338 e. The van der Waals surface area contributed by atoms with Crippen molar-refractivity contribution < 1.29 is 9.53 Å². The third-order valence-electron chi connectivity index (χ3n) is 2.34. The minimum atomic E-state index is -0.313. The summed E-state index contributed by atoms with van der Waals surface area (Å²) in [5.41, 5.74) is 3.38. The van der Waals surface area contributed by atoms with E-state index >= 15 is 0 Å². The lowest BCUT2D eigenvalue weighted by Gasteiger charge is -2.15. The molecule has 0 unspecified atom stereocenters. The van der Waals surface area contributed by atoms with Crippen LogP contribution in [0.15, 0.2) is 23.3 Å². The molecule has 0 aliphatic carbocycles. The molecule has 0 bridgehead atoms. The van der Waals surface area contributed by atoms with E-state index in [0.29, 0.717) is 5.56 Å². The monoisotopic (exact) mass is 264 g/mol. The van der Waals surface area contributed by atoms with Gasteiger partial charge in [0.2, 0.25) is 0 Å². The molecule has 0 fully saturated rings. The minimum Gasteiger partial charge on any atom is -0.465 e. The van der Waals surface area contributed by atoms with Crippen LogP contribution in [0.3, 0.4) is 0 Å². The Morgan fingerprint density at radius 3 is 2.26 bits per heavy atom. The van der Waals surface area contributed by atoms with Gasteiger partial charge in [0.25, 0.3) is 0 Å². The van der Waals surface area contributed by atoms with Gasteiger partial charge in [0.1, 0.15) is 0 Å². The molecule has 4 heteroatoms. The molecule has 0 aliphatic heterocycles. The maximum Gasteiger partial charge on any atom is 0.338 e. The summed E-state index contributed by atoms with van der Waals surface area (Å²) in [5, 5.41) is 6.10. The van der Waals surface area contributed by atoms with Gasteiger partial charge >= 0.3 is 5.97 Å². The molecule has 0 saturated carbocycles. The summed E-state index contributed by atoms with van der Waals surface area (Å²) in [4.78, 5) is 11.4. The van der Waals surface area contributed by atoms with E-state index in [-0.39, 0.29) is 5.97 Å². The highest BCUT2D eigenvalue weighted by atomic mass is 16.5. The first kappa shape index (κ1) is 17.2. The van der Waals surface area contributed by atoms with Gasteiger partial charge in [-0.3, -0.25) is 5.01 Å². The van der Waals surface area contributed by atoms with Gasteiger partial charge in [-0.1, -0.05) is 13.8 Å². The normalized spacial score (nSPS) is 9.00. The van der Waals surface area contributed by atoms with Crippen LogP contribution in [0.2, 0.25) is 0 Å². The number of carbonyl (C=O) groups is 1. The van der Waals surface area contributed by atoms with Crippen molar-refractivity contribution >= 4 is 17.4 Å². The van der Waals surface area contributed by atoms with E-state index in [1.165, 1.54) is 7.11 Å². The molecule has 0 aliphatic rings. The molecule has 106 valence electrons. The van der Waals surface area contributed by atoms with Crippen molar-refractivity contribution in [2.24, 2.45) is 5.10 Å². The molecule has 19 heavy (non-hydrogen) atoms. The van der Waals surface area contributed by atoms with Crippen LogP contribution >= 0.6 is 0 Å². The predicted molar refractivity (Wildman–Crippen MR) is 81.1 cm³/mol. The van der Waals surface area contributed by atoms with Crippen LogP contribution in [0.1, 0.15) is 43.6 Å². The number of hydrogen-bond acceptors (Lipinski definition) is 4. The van der Waals surface area contributed by atoms with Gasteiger partial charge < -0.3 is 4.74 Å². The van der Waals surface area contributed by atoms with Crippen molar-refractivity contribution in [3.8, 4) is 0 Å². The lowest BCUT2D eigenvalue weighted by atomic mass is 10.1. The van der Waals surface area contributed by atoms with Crippen LogP contribution in [0, 0.1) is 6.92 Å². The minimum absolute atomic E-state index is 0.313. The predicted octanol–water partition coefficient (Wildman–Crippen LogP) is 3.64. The van der Waals surface area contributed by atoms with Gasteiger partial charge in [-0.2, -0.15) is 5.10 Å². The van der Waals surface area contributed by atoms with Crippen molar-refractivity contribution in [1.29, 1.82) is 0 Å². The number of rotatable bonds is 3. The van der Waals surface area contributed by atoms with Crippen LogP contribution in [0.25, 0.3) is 0 Å². The highest BCUT2D eigenvalue weighted by Gasteiger charge is 2.10. The number of methoxy groups -OCH3 is 1. The Hall–Kier alpha value is -1.84. The third-order valence-corrected chi connectivity index (χ3v) is 2.34. The molecule has 0 radical (unpaired) electrons. The summed E-state index contributed by atoms with van der Waals surface area (Å²) >= 11 is 0. The van der Waals surface area contributed by atoms with Crippen molar-refractivity contribution in [3.63, 3.8) is 0 Å². The lowest BCUT2D eigenvalue weighted by Crippen LogP contribution is -2.12. The highest BCUT2D eigenvalue weighted by Crippen LogP contribution is 2.19. The molecule has 1 rings (SSSR count). The Bertz CT molecular complexity index is 449. The maximum absolute atomic E-state index is 11.4. The Morgan fingerprint density at radius 1 is 1.26 bits per heavy atom. The molecule has 4 nitrogen and oxygen atoms in total. The maximum atomic E-state index is 11.4. The largest absolute Gasteiger partial charge is 0.465 e. The molecule has 0 atom stereocenters. The van der Waals surface area contributed by atoms with E-state index in [1.807, 2.05) is 53.8 Å². The fourth-order valence-corrected chi connectivity index (χ4v) is 1.55. The molecule has 0 amide bonds. The number of hydrogen-bond donors (Lipinski definition) is 0. The molecular formula is C15H24N2O2. The molecule has 0 saturated heterocycles. The first-order valence-corrected chi connectivity index (χ1v) is 6.40. The first-order chi connectivity index (χ1) is 8.95. The zero-order valence-corrected chi connectivity index (χ0v) is 12.9. The summed E-state index contributed by atoms with van der Waals surface area (Å²) in [6.45, 7) is 9.75. The standard InChI is InChI=1S/C13H18N2O2.C2H6/c1-9(2)14-15(4)11-6-7-12(10(3)8-11)13(16)17-5;1-2/h6-8H,1-5H3;1-2H3. The van der Waals surface area contributed by atoms with E-state index in [9.17, 15) is 4.79 Å². The first-order valence-electron chi connectivity index (χ1n) is 6.40. The fraction of sp³-hybridized carbons (Fsp3) is 0.467. The van der Waals surface area contributed by atoms with Gasteiger partial charge in [-0.05, 0) is 44.5 Å². The number of benzene rings is 1. The molecule has 0 spiro atoms. The summed E-state index contributed by atoms with van der Waals surface area (Å²) in [7, 11) is 3.26. The van der Waals surface area contributed by atoms with Crippen molar-refractivity contribution in [1.82, 2.24) is 0 Å². The van der Waals surface area contributed by atoms with Gasteiger partial charge in [-0.25, -0.2) is 4.79 Å². The van der Waals surface area contributed by atoms with Crippen LogP contribution in [0.5, 0.6) is 0 Å². The topological polar surface area (TPSA) is 41.9 Å². The Morgan fingerprint density at radius 2 is 1.84 bits per heavy atom. The Labute approximate surface area is 116 Å². The second-order valence-corrected chi connectivity index (χ2v) is 4.06. The summed E-state index contributed by atoms with van der Waals surface area (Å²) in [6.07, 6.45) is 0. The highest BCUT2D eigenvalue weighted by molar-refractivity contribution is 5.91. The number of hydrazone groups is 1. The van der Waals surface area contributed by atoms with Gasteiger partial charge in [0.15, 0.2) is 0 Å². The zero-order chi connectivity index (χ0) is 15.0. The van der Waals surface area contributed by atoms with E-state index in [1.54, 1.807) is 11.1 Å². The van der Waals surface area contributed by atoms with Gasteiger partial charge in [-0.15, -0.1) is 0 Å². The number of esters is 1. The van der Waals surface area contributed by atoms with Crippen LogP contribution < -0.4 is 5.01 Å². The number of aryl methyl sites for hydroxylation is 1. The van der Waals surface area contributed by atoms with Crippen LogP contribution in [-0.2, 0) is 4.74 Å². The molecule has 0 heterocycles. The summed E-state index contributed by atoms with van der Waals surface area (Å²) < 4.78 is 4.70. The van der Waals surface area contributed by atoms with Crippen LogP contribution in [0.4, 0.5) is 5.69 Å². The number of anilines is 1. The average molecular weight is 264 g/mol. The van der Waals surface area contributed by atoms with E-state index in [4.69, 9.17) is 4.74 Å². The third kappa shape index (κ3) is 5.12. The van der Waals surface area contributed by atoms with E-state index in [2.05, 4.69) is 5.10 Å². The second-order valence-electron chi connectivity index (χ2n) is 4.06. The molecule has 0 N–H and O–H groups in total.